The maximum Gasteiger partial charge on any atom is 0.253 e. The van der Waals surface area contributed by atoms with Gasteiger partial charge in [-0.15, -0.1) is 11.3 Å². The van der Waals surface area contributed by atoms with Crippen molar-refractivity contribution in [2.45, 2.75) is 19.4 Å². The van der Waals surface area contributed by atoms with Crippen molar-refractivity contribution in [3.8, 4) is 5.75 Å². The maximum absolute atomic E-state index is 12.7. The lowest BCUT2D eigenvalue weighted by Crippen LogP contribution is -2.43. The Morgan fingerprint density at radius 2 is 2.15 bits per heavy atom. The lowest BCUT2D eigenvalue weighted by Gasteiger charge is -2.32. The zero-order valence-electron chi connectivity index (χ0n) is 15.1. The number of hydrogen-bond acceptors (Lipinski definition) is 6. The van der Waals surface area contributed by atoms with Crippen LogP contribution in [0.25, 0.3) is 0 Å². The van der Waals surface area contributed by atoms with Crippen molar-refractivity contribution in [2.24, 2.45) is 5.92 Å². The highest BCUT2D eigenvalue weighted by Crippen LogP contribution is 2.20. The van der Waals surface area contributed by atoms with E-state index in [1.807, 2.05) is 5.38 Å². The van der Waals surface area contributed by atoms with Gasteiger partial charge in [0.15, 0.2) is 0 Å². The Labute approximate surface area is 163 Å². The largest absolute Gasteiger partial charge is 0.487 e. The number of piperidine rings is 1. The van der Waals surface area contributed by atoms with Gasteiger partial charge < -0.3 is 9.64 Å². The summed E-state index contributed by atoms with van der Waals surface area (Å²) in [7, 11) is -3.21. The number of thiazole rings is 1. The van der Waals surface area contributed by atoms with E-state index in [0.717, 1.165) is 24.8 Å². The lowest BCUT2D eigenvalue weighted by molar-refractivity contribution is 0.0676. The minimum absolute atomic E-state index is 0.0369. The molecular formula is C18H23N3O4S2. The van der Waals surface area contributed by atoms with Crippen molar-refractivity contribution in [3.63, 3.8) is 0 Å². The second-order valence-electron chi connectivity index (χ2n) is 6.67. The number of carbonyl (C=O) groups is 1. The minimum atomic E-state index is -3.21. The topological polar surface area (TPSA) is 88.6 Å². The number of nitrogens with one attached hydrogen (secondary N) is 1. The first-order valence-corrected chi connectivity index (χ1v) is 11.6. The number of ether oxygens (including phenoxy) is 1. The molecule has 146 valence electrons. The van der Waals surface area contributed by atoms with E-state index in [9.17, 15) is 13.2 Å². The highest BCUT2D eigenvalue weighted by atomic mass is 32.2. The summed E-state index contributed by atoms with van der Waals surface area (Å²) >= 11 is 1.52. The summed E-state index contributed by atoms with van der Waals surface area (Å²) in [6, 6.07) is 7.09. The molecule has 3 rings (SSSR count). The van der Waals surface area contributed by atoms with Gasteiger partial charge in [0.25, 0.3) is 5.91 Å². The third-order valence-corrected chi connectivity index (χ3v) is 5.74. The smallest absolute Gasteiger partial charge is 0.253 e. The summed E-state index contributed by atoms with van der Waals surface area (Å²) in [5, 5.41) is 1.93. The Kier molecular flexibility index (Phi) is 6.46. The molecule has 0 spiro atoms. The molecule has 1 amide bonds. The quantitative estimate of drug-likeness (QED) is 0.757. The molecule has 2 aromatic rings. The fourth-order valence-corrected chi connectivity index (χ4v) is 4.11. The molecule has 9 heteroatoms. The Bertz CT molecular complexity index is 851. The number of aromatic nitrogens is 1. The van der Waals surface area contributed by atoms with Crippen molar-refractivity contribution < 1.29 is 17.9 Å². The van der Waals surface area contributed by atoms with Crippen LogP contribution in [0.3, 0.4) is 0 Å². The molecule has 1 fully saturated rings. The molecular weight excluding hydrogens is 386 g/mol. The van der Waals surface area contributed by atoms with Crippen LogP contribution in [0.15, 0.2) is 35.2 Å². The van der Waals surface area contributed by atoms with E-state index in [1.165, 1.54) is 11.3 Å². The van der Waals surface area contributed by atoms with E-state index in [-0.39, 0.29) is 11.8 Å². The van der Waals surface area contributed by atoms with Crippen molar-refractivity contribution in [3.05, 3.63) is 46.4 Å². The fourth-order valence-electron chi connectivity index (χ4n) is 3.03. The van der Waals surface area contributed by atoms with E-state index >= 15 is 0 Å². The van der Waals surface area contributed by atoms with Crippen LogP contribution in [0.4, 0.5) is 0 Å². The number of sulfonamides is 1. The molecule has 0 saturated carbocycles. The number of amides is 1. The third-order valence-electron chi connectivity index (χ3n) is 4.41. The zero-order valence-corrected chi connectivity index (χ0v) is 16.8. The van der Waals surface area contributed by atoms with E-state index in [0.29, 0.717) is 37.6 Å². The van der Waals surface area contributed by atoms with Gasteiger partial charge in [-0.05, 0) is 43.0 Å². The second-order valence-corrected chi connectivity index (χ2v) is 9.22. The van der Waals surface area contributed by atoms with Crippen LogP contribution >= 0.6 is 11.3 Å². The maximum atomic E-state index is 12.7. The number of rotatable bonds is 7. The Morgan fingerprint density at radius 3 is 2.81 bits per heavy atom. The Hall–Kier alpha value is -1.97. The molecule has 1 aliphatic rings. The van der Waals surface area contributed by atoms with Crippen molar-refractivity contribution in [1.29, 1.82) is 0 Å². The highest BCUT2D eigenvalue weighted by molar-refractivity contribution is 7.88. The molecule has 1 N–H and O–H groups in total. The summed E-state index contributed by atoms with van der Waals surface area (Å²) in [5.41, 5.74) is 3.24. The molecule has 1 aromatic carbocycles. The van der Waals surface area contributed by atoms with Crippen LogP contribution in [0, 0.1) is 5.92 Å². The van der Waals surface area contributed by atoms with Crippen LogP contribution in [0.5, 0.6) is 5.75 Å². The van der Waals surface area contributed by atoms with Crippen LogP contribution in [0.2, 0.25) is 0 Å². The first kappa shape index (κ1) is 19.8. The van der Waals surface area contributed by atoms with E-state index in [2.05, 4.69) is 9.71 Å². The predicted molar refractivity (Wildman–Crippen MR) is 104 cm³/mol. The molecule has 7 nitrogen and oxygen atoms in total. The molecule has 0 radical (unpaired) electrons. The number of likely N-dealkylation sites (tertiary alicyclic amines) is 1. The molecule has 1 saturated heterocycles. The molecule has 27 heavy (non-hydrogen) atoms. The van der Waals surface area contributed by atoms with Crippen LogP contribution in [0.1, 0.15) is 28.9 Å². The Balaban J connectivity index is 1.54. The monoisotopic (exact) mass is 409 g/mol. The van der Waals surface area contributed by atoms with Gasteiger partial charge in [0.05, 0.1) is 17.5 Å². The van der Waals surface area contributed by atoms with Gasteiger partial charge in [0, 0.05) is 30.6 Å². The normalized spacial score (nSPS) is 17.7. The minimum Gasteiger partial charge on any atom is -0.487 e. The molecule has 1 atom stereocenters. The number of nitrogens with zero attached hydrogens (tertiary/aromatic N) is 2. The highest BCUT2D eigenvalue weighted by Gasteiger charge is 2.25. The first-order chi connectivity index (χ1) is 12.9. The Morgan fingerprint density at radius 1 is 1.37 bits per heavy atom. The number of carbonyl (C=O) groups excluding carboxylic acids is 1. The van der Waals surface area contributed by atoms with Gasteiger partial charge >= 0.3 is 0 Å². The van der Waals surface area contributed by atoms with Crippen molar-refractivity contribution in [1.82, 2.24) is 14.6 Å². The summed E-state index contributed by atoms with van der Waals surface area (Å²) in [4.78, 5) is 18.7. The van der Waals surface area contributed by atoms with Gasteiger partial charge in [-0.3, -0.25) is 4.79 Å². The van der Waals surface area contributed by atoms with Crippen LogP contribution in [-0.4, -0.2) is 50.1 Å². The van der Waals surface area contributed by atoms with E-state index < -0.39 is 10.0 Å². The lowest BCUT2D eigenvalue weighted by atomic mass is 9.97. The number of hydrogen-bond donors (Lipinski definition) is 1. The molecule has 2 heterocycles. The van der Waals surface area contributed by atoms with Gasteiger partial charge in [-0.1, -0.05) is 0 Å². The SMILES string of the molecule is CS(=O)(=O)NCC1CCCN(C(=O)c2ccc(OCc3cscn3)cc2)C1. The molecule has 1 aliphatic heterocycles. The summed E-state index contributed by atoms with van der Waals surface area (Å²) in [6.45, 7) is 2.02. The van der Waals surface area contributed by atoms with E-state index in [1.54, 1.807) is 34.7 Å². The van der Waals surface area contributed by atoms with Crippen molar-refractivity contribution >= 4 is 27.3 Å². The average Bonchev–Trinajstić information content (AvgIpc) is 3.18. The van der Waals surface area contributed by atoms with Gasteiger partial charge in [-0.25, -0.2) is 18.1 Å². The van der Waals surface area contributed by atoms with Gasteiger partial charge in [0.1, 0.15) is 12.4 Å². The third kappa shape index (κ3) is 6.02. The molecule has 1 unspecified atom stereocenters. The second kappa shape index (κ2) is 8.81. The average molecular weight is 410 g/mol. The zero-order chi connectivity index (χ0) is 19.3. The predicted octanol–water partition coefficient (Wildman–Crippen LogP) is 2.12. The van der Waals surface area contributed by atoms with Gasteiger partial charge in [-0.2, -0.15) is 0 Å². The van der Waals surface area contributed by atoms with E-state index in [4.69, 9.17) is 4.74 Å². The molecule has 1 aromatic heterocycles. The van der Waals surface area contributed by atoms with Crippen LogP contribution in [-0.2, 0) is 16.6 Å². The summed E-state index contributed by atoms with van der Waals surface area (Å²) in [6.07, 6.45) is 2.93. The summed E-state index contributed by atoms with van der Waals surface area (Å²) < 4.78 is 30.7. The number of benzene rings is 1. The fraction of sp³-hybridized carbons (Fsp3) is 0.444. The molecule has 0 aliphatic carbocycles. The molecule has 0 bridgehead atoms. The van der Waals surface area contributed by atoms with Crippen molar-refractivity contribution in [2.75, 3.05) is 25.9 Å². The van der Waals surface area contributed by atoms with Gasteiger partial charge in [0.2, 0.25) is 10.0 Å². The first-order valence-electron chi connectivity index (χ1n) is 8.74. The standard InChI is InChI=1S/C18H23N3O4S2/c1-27(23,24)20-9-14-3-2-8-21(10-14)18(22)15-4-6-17(7-5-15)25-11-16-12-26-13-19-16/h4-7,12-14,20H,2-3,8-11H2,1H3. The van der Waals surface area contributed by atoms with Crippen LogP contribution < -0.4 is 9.46 Å². The summed E-state index contributed by atoms with van der Waals surface area (Å²) in [5.74, 6) is 0.789.